The average molecular weight is 466 g/mol. The second kappa shape index (κ2) is 7.86. The number of hydrogen-bond acceptors (Lipinski definition) is 5. The Hall–Kier alpha value is -4.35. The van der Waals surface area contributed by atoms with Crippen LogP contribution in [-0.4, -0.2) is 47.3 Å². The number of aryl methyl sites for hydroxylation is 2. The van der Waals surface area contributed by atoms with Gasteiger partial charge in [0.25, 0.3) is 11.8 Å². The second-order valence-corrected chi connectivity index (χ2v) is 8.99. The molecule has 1 saturated heterocycles. The number of ether oxygens (including phenoxy) is 1. The van der Waals surface area contributed by atoms with Gasteiger partial charge in [0.2, 0.25) is 0 Å². The minimum atomic E-state index is -0.413. The van der Waals surface area contributed by atoms with Crippen LogP contribution >= 0.6 is 0 Å². The van der Waals surface area contributed by atoms with E-state index < -0.39 is 11.8 Å². The van der Waals surface area contributed by atoms with Gasteiger partial charge in [0, 0.05) is 72.7 Å². The highest BCUT2D eigenvalue weighted by Gasteiger charge is 2.35. The number of nitrogens with zero attached hydrogens (tertiary/aromatic N) is 4. The molecule has 2 aromatic heterocycles. The number of nitrogens with one attached hydrogen (secondary N) is 1. The highest BCUT2D eigenvalue weighted by molar-refractivity contribution is 6.50. The minimum Gasteiger partial charge on any atom is -0.378 e. The zero-order chi connectivity index (χ0) is 24.3. The third kappa shape index (κ3) is 3.24. The van der Waals surface area contributed by atoms with Crippen molar-refractivity contribution in [3.05, 3.63) is 65.5 Å². The second-order valence-electron chi connectivity index (χ2n) is 8.99. The van der Waals surface area contributed by atoms with Crippen molar-refractivity contribution in [3.63, 3.8) is 0 Å². The first-order valence-electron chi connectivity index (χ1n) is 11.5. The Morgan fingerprint density at radius 3 is 2.03 bits per heavy atom. The molecule has 1 fully saturated rings. The summed E-state index contributed by atoms with van der Waals surface area (Å²) >= 11 is 0. The van der Waals surface area contributed by atoms with Crippen LogP contribution in [0.15, 0.2) is 48.8 Å². The smallest absolute Gasteiger partial charge is 0.259 e. The van der Waals surface area contributed by atoms with Crippen LogP contribution in [0.5, 0.6) is 0 Å². The molecule has 1 N–H and O–H groups in total. The summed E-state index contributed by atoms with van der Waals surface area (Å²) in [7, 11) is 3.82. The third-order valence-electron chi connectivity index (χ3n) is 6.94. The van der Waals surface area contributed by atoms with Gasteiger partial charge in [0.15, 0.2) is 0 Å². The SMILES string of the molecule is Cn1cc(C2=C(c3cn(C)c4cc(N5CCOCC5)ccc34)C(=O)NC2=O)c2ccc(C#N)cc21. The fraction of sp³-hybridized carbons (Fsp3) is 0.222. The molecule has 8 nitrogen and oxygen atoms in total. The Kier molecular flexibility index (Phi) is 4.76. The number of morpholine rings is 1. The summed E-state index contributed by atoms with van der Waals surface area (Å²) in [6, 6.07) is 13.7. The number of aromatic nitrogens is 2. The van der Waals surface area contributed by atoms with Crippen LogP contribution in [0.2, 0.25) is 0 Å². The van der Waals surface area contributed by atoms with Gasteiger partial charge in [-0.05, 0) is 24.3 Å². The van der Waals surface area contributed by atoms with Crippen LogP contribution in [0.1, 0.15) is 16.7 Å². The van der Waals surface area contributed by atoms with Crippen molar-refractivity contribution < 1.29 is 14.3 Å². The number of fused-ring (bicyclic) bond motifs is 2. The molecule has 0 aliphatic carbocycles. The van der Waals surface area contributed by atoms with E-state index in [-0.39, 0.29) is 0 Å². The average Bonchev–Trinajstić information content (AvgIpc) is 3.48. The number of imide groups is 1. The van der Waals surface area contributed by atoms with Gasteiger partial charge < -0.3 is 18.8 Å². The van der Waals surface area contributed by atoms with E-state index in [1.165, 1.54) is 0 Å². The molecule has 35 heavy (non-hydrogen) atoms. The maximum atomic E-state index is 13.1. The molecule has 0 atom stereocenters. The number of nitriles is 1. The number of amides is 2. The van der Waals surface area contributed by atoms with E-state index in [4.69, 9.17) is 4.74 Å². The fourth-order valence-electron chi connectivity index (χ4n) is 5.21. The van der Waals surface area contributed by atoms with Gasteiger partial charge in [0.05, 0.1) is 41.5 Å². The molecule has 0 radical (unpaired) electrons. The predicted octanol–water partition coefficient (Wildman–Crippen LogP) is 2.95. The number of carbonyl (C=O) groups excluding carboxylic acids is 2. The molecule has 2 amide bonds. The lowest BCUT2D eigenvalue weighted by atomic mass is 9.95. The lowest BCUT2D eigenvalue weighted by Crippen LogP contribution is -2.36. The van der Waals surface area contributed by atoms with E-state index in [0.717, 1.165) is 46.1 Å². The van der Waals surface area contributed by atoms with Crippen molar-refractivity contribution in [2.45, 2.75) is 0 Å². The fourth-order valence-corrected chi connectivity index (χ4v) is 5.21. The maximum absolute atomic E-state index is 13.1. The molecule has 0 unspecified atom stereocenters. The molecule has 0 bridgehead atoms. The molecule has 6 rings (SSSR count). The largest absolute Gasteiger partial charge is 0.378 e. The molecule has 0 saturated carbocycles. The van der Waals surface area contributed by atoms with Gasteiger partial charge in [-0.1, -0.05) is 12.1 Å². The van der Waals surface area contributed by atoms with Crippen molar-refractivity contribution in [2.75, 3.05) is 31.2 Å². The van der Waals surface area contributed by atoms with Gasteiger partial charge in [-0.2, -0.15) is 5.26 Å². The summed E-state index contributed by atoms with van der Waals surface area (Å²) in [4.78, 5) is 28.5. The normalized spacial score (nSPS) is 16.4. The molecule has 2 aromatic carbocycles. The standard InChI is InChI=1S/C27H23N5O3/c1-30-14-20(18-5-3-16(13-28)11-22(18)30)24-25(27(34)29-26(24)33)21-15-31(2)23-12-17(4-6-19(21)23)32-7-9-35-10-8-32/h3-6,11-12,14-15H,7-10H2,1-2H3,(H,29,33,34). The molecule has 4 heterocycles. The van der Waals surface area contributed by atoms with Gasteiger partial charge in [0.1, 0.15) is 0 Å². The molecule has 174 valence electrons. The van der Waals surface area contributed by atoms with E-state index in [9.17, 15) is 14.9 Å². The molecule has 0 spiro atoms. The number of benzene rings is 2. The van der Waals surface area contributed by atoms with Crippen molar-refractivity contribution in [2.24, 2.45) is 14.1 Å². The van der Waals surface area contributed by atoms with Gasteiger partial charge in [-0.15, -0.1) is 0 Å². The van der Waals surface area contributed by atoms with E-state index in [2.05, 4.69) is 28.4 Å². The lowest BCUT2D eigenvalue weighted by Gasteiger charge is -2.29. The summed E-state index contributed by atoms with van der Waals surface area (Å²) in [5.74, 6) is -0.816. The van der Waals surface area contributed by atoms with Crippen LogP contribution in [0.25, 0.3) is 33.0 Å². The number of rotatable bonds is 3. The maximum Gasteiger partial charge on any atom is 0.259 e. The first-order chi connectivity index (χ1) is 17.0. The topological polar surface area (TPSA) is 92.3 Å². The highest BCUT2D eigenvalue weighted by Crippen LogP contribution is 2.39. The van der Waals surface area contributed by atoms with Crippen molar-refractivity contribution in [1.29, 1.82) is 5.26 Å². The monoisotopic (exact) mass is 465 g/mol. The molecular weight excluding hydrogens is 442 g/mol. The highest BCUT2D eigenvalue weighted by atomic mass is 16.5. The Morgan fingerprint density at radius 2 is 1.43 bits per heavy atom. The van der Waals surface area contributed by atoms with Crippen LogP contribution in [0, 0.1) is 11.3 Å². The number of hydrogen-bond donors (Lipinski definition) is 1. The number of anilines is 1. The molecular formula is C27H23N5O3. The first kappa shape index (κ1) is 21.2. The van der Waals surface area contributed by atoms with Crippen LogP contribution in [0.3, 0.4) is 0 Å². The summed E-state index contributed by atoms with van der Waals surface area (Å²) in [5.41, 5.74) is 5.58. The molecule has 2 aliphatic rings. The molecule has 4 aromatic rings. The Bertz CT molecular complexity index is 1630. The molecule has 8 heteroatoms. The zero-order valence-electron chi connectivity index (χ0n) is 19.5. The van der Waals surface area contributed by atoms with Gasteiger partial charge >= 0.3 is 0 Å². The van der Waals surface area contributed by atoms with E-state index in [1.807, 2.05) is 47.8 Å². The lowest BCUT2D eigenvalue weighted by molar-refractivity contribution is -0.122. The summed E-state index contributed by atoms with van der Waals surface area (Å²) < 4.78 is 9.35. The van der Waals surface area contributed by atoms with E-state index >= 15 is 0 Å². The van der Waals surface area contributed by atoms with E-state index in [1.54, 1.807) is 12.1 Å². The summed E-state index contributed by atoms with van der Waals surface area (Å²) in [5, 5.41) is 13.5. The Balaban J connectivity index is 1.55. The zero-order valence-corrected chi connectivity index (χ0v) is 19.5. The molecule has 2 aliphatic heterocycles. The van der Waals surface area contributed by atoms with Crippen LogP contribution in [-0.2, 0) is 28.4 Å². The van der Waals surface area contributed by atoms with Crippen molar-refractivity contribution in [1.82, 2.24) is 14.5 Å². The van der Waals surface area contributed by atoms with Crippen LogP contribution < -0.4 is 10.2 Å². The van der Waals surface area contributed by atoms with Crippen molar-refractivity contribution in [3.8, 4) is 6.07 Å². The van der Waals surface area contributed by atoms with Crippen molar-refractivity contribution >= 4 is 50.5 Å². The predicted molar refractivity (Wildman–Crippen MR) is 134 cm³/mol. The quantitative estimate of drug-likeness (QED) is 0.470. The van der Waals surface area contributed by atoms with Gasteiger partial charge in [-0.25, -0.2) is 0 Å². The van der Waals surface area contributed by atoms with Gasteiger partial charge in [-0.3, -0.25) is 14.9 Å². The minimum absolute atomic E-state index is 0.357. The number of carbonyl (C=O) groups is 2. The Morgan fingerprint density at radius 1 is 0.857 bits per heavy atom. The third-order valence-corrected chi connectivity index (χ3v) is 6.94. The summed E-state index contributed by atoms with van der Waals surface area (Å²) in [6.07, 6.45) is 3.77. The summed E-state index contributed by atoms with van der Waals surface area (Å²) in [6.45, 7) is 3.08. The van der Waals surface area contributed by atoms with E-state index in [0.29, 0.717) is 35.5 Å². The first-order valence-corrected chi connectivity index (χ1v) is 11.5. The Labute approximate surface area is 201 Å². The van der Waals surface area contributed by atoms with Crippen LogP contribution in [0.4, 0.5) is 5.69 Å².